The van der Waals surface area contributed by atoms with Gasteiger partial charge in [-0.1, -0.05) is 43.5 Å². The summed E-state index contributed by atoms with van der Waals surface area (Å²) >= 11 is 0. The van der Waals surface area contributed by atoms with Crippen molar-refractivity contribution in [3.8, 4) is 0 Å². The van der Waals surface area contributed by atoms with Crippen LogP contribution in [0.4, 0.5) is 0 Å². The fourth-order valence-corrected chi connectivity index (χ4v) is 4.26. The summed E-state index contributed by atoms with van der Waals surface area (Å²) in [7, 11) is 0. The molecule has 1 aliphatic carbocycles. The molecule has 0 aromatic heterocycles. The van der Waals surface area contributed by atoms with E-state index in [1.165, 1.54) is 30.4 Å². The van der Waals surface area contributed by atoms with Crippen LogP contribution in [0.5, 0.6) is 0 Å². The van der Waals surface area contributed by atoms with E-state index in [9.17, 15) is 4.79 Å². The minimum Gasteiger partial charge on any atom is -0.355 e. The summed E-state index contributed by atoms with van der Waals surface area (Å²) in [5, 5.41) is 3.12. The molecule has 1 saturated carbocycles. The summed E-state index contributed by atoms with van der Waals surface area (Å²) in [5.74, 6) is 0.180. The Morgan fingerprint density at radius 2 is 1.81 bits per heavy atom. The maximum atomic E-state index is 12.3. The molecule has 3 rings (SSSR count). The highest BCUT2D eigenvalue weighted by Gasteiger charge is 2.32. The van der Waals surface area contributed by atoms with Gasteiger partial charge in [0.05, 0.1) is 0 Å². The zero-order valence-corrected chi connectivity index (χ0v) is 17.2. The highest BCUT2D eigenvalue weighted by molar-refractivity contribution is 5.85. The summed E-state index contributed by atoms with van der Waals surface area (Å²) in [6.07, 6.45) is 7.67. The third kappa shape index (κ3) is 6.12. The van der Waals surface area contributed by atoms with Gasteiger partial charge >= 0.3 is 0 Å². The molecule has 0 saturated heterocycles. The molecule has 1 aliphatic heterocycles. The van der Waals surface area contributed by atoms with Crippen LogP contribution in [-0.4, -0.2) is 37.0 Å². The van der Waals surface area contributed by atoms with Crippen LogP contribution >= 0.6 is 24.8 Å². The van der Waals surface area contributed by atoms with E-state index < -0.39 is 0 Å². The molecular weight excluding hydrogens is 369 g/mol. The third-order valence-corrected chi connectivity index (χ3v) is 5.84. The lowest BCUT2D eigenvalue weighted by molar-refractivity contribution is -0.123. The Hall–Kier alpha value is -0.810. The molecule has 148 valence electrons. The highest BCUT2D eigenvalue weighted by atomic mass is 35.5. The summed E-state index contributed by atoms with van der Waals surface area (Å²) in [6, 6.07) is 8.67. The first-order valence-electron chi connectivity index (χ1n) is 9.47. The lowest BCUT2D eigenvalue weighted by Gasteiger charge is -2.35. The van der Waals surface area contributed by atoms with Crippen molar-refractivity contribution in [2.24, 2.45) is 11.1 Å². The number of amides is 1. The maximum Gasteiger partial charge on any atom is 0.220 e. The number of carbonyl (C=O) groups is 1. The molecule has 1 aromatic carbocycles. The fraction of sp³-hybridized carbons (Fsp3) is 0.650. The SMILES string of the molecule is Cl.Cl.NCC1(CC(=O)NCCN2CCc3ccccc3C2)CCCCC1. The Balaban J connectivity index is 0.00000169. The number of nitrogens with two attached hydrogens (primary N) is 1. The summed E-state index contributed by atoms with van der Waals surface area (Å²) < 4.78 is 0. The van der Waals surface area contributed by atoms with Crippen molar-refractivity contribution in [3.05, 3.63) is 35.4 Å². The van der Waals surface area contributed by atoms with Crippen LogP contribution in [0.3, 0.4) is 0 Å². The van der Waals surface area contributed by atoms with E-state index in [0.29, 0.717) is 13.0 Å². The average Bonchev–Trinajstić information content (AvgIpc) is 2.62. The zero-order chi connectivity index (χ0) is 16.8. The summed E-state index contributed by atoms with van der Waals surface area (Å²) in [6.45, 7) is 4.39. The fourth-order valence-electron chi connectivity index (χ4n) is 4.26. The molecule has 1 amide bonds. The highest BCUT2D eigenvalue weighted by Crippen LogP contribution is 2.38. The molecule has 26 heavy (non-hydrogen) atoms. The lowest BCUT2D eigenvalue weighted by atomic mass is 9.71. The second kappa shape index (κ2) is 11.1. The number of nitrogens with one attached hydrogen (secondary N) is 1. The van der Waals surface area contributed by atoms with Gasteiger partial charge in [-0.25, -0.2) is 0 Å². The molecule has 0 bridgehead atoms. The number of nitrogens with zero attached hydrogens (tertiary/aromatic N) is 1. The molecule has 3 N–H and O–H groups in total. The first-order chi connectivity index (χ1) is 11.7. The van der Waals surface area contributed by atoms with Crippen molar-refractivity contribution < 1.29 is 4.79 Å². The predicted octanol–water partition coefficient (Wildman–Crippen LogP) is 3.30. The van der Waals surface area contributed by atoms with Gasteiger partial charge in [0.15, 0.2) is 0 Å². The number of benzene rings is 1. The van der Waals surface area contributed by atoms with E-state index in [1.807, 2.05) is 0 Å². The van der Waals surface area contributed by atoms with Gasteiger partial charge in [0.2, 0.25) is 5.91 Å². The van der Waals surface area contributed by atoms with Crippen LogP contribution in [0, 0.1) is 5.41 Å². The minimum atomic E-state index is 0. The first kappa shape index (κ1) is 23.2. The molecule has 1 aromatic rings. The van der Waals surface area contributed by atoms with Crippen LogP contribution in [0.2, 0.25) is 0 Å². The van der Waals surface area contributed by atoms with E-state index in [0.717, 1.165) is 45.4 Å². The zero-order valence-electron chi connectivity index (χ0n) is 15.5. The number of fused-ring (bicyclic) bond motifs is 1. The quantitative estimate of drug-likeness (QED) is 0.768. The maximum absolute atomic E-state index is 12.3. The van der Waals surface area contributed by atoms with Crippen LogP contribution in [-0.2, 0) is 17.8 Å². The van der Waals surface area contributed by atoms with Gasteiger partial charge < -0.3 is 11.1 Å². The van der Waals surface area contributed by atoms with Crippen LogP contribution in [0.1, 0.15) is 49.7 Å². The van der Waals surface area contributed by atoms with Crippen molar-refractivity contribution in [3.63, 3.8) is 0 Å². The topological polar surface area (TPSA) is 58.4 Å². The summed E-state index contributed by atoms with van der Waals surface area (Å²) in [5.41, 5.74) is 8.95. The Morgan fingerprint density at radius 3 is 2.50 bits per heavy atom. The van der Waals surface area contributed by atoms with Gasteiger partial charge in [-0.3, -0.25) is 9.69 Å². The molecule has 0 radical (unpaired) electrons. The number of hydrogen-bond acceptors (Lipinski definition) is 3. The van der Waals surface area contributed by atoms with Gasteiger partial charge in [-0.05, 0) is 42.3 Å². The molecule has 0 spiro atoms. The predicted molar refractivity (Wildman–Crippen MR) is 112 cm³/mol. The number of rotatable bonds is 6. The van der Waals surface area contributed by atoms with E-state index >= 15 is 0 Å². The number of hydrogen-bond donors (Lipinski definition) is 2. The van der Waals surface area contributed by atoms with Crippen molar-refractivity contribution >= 4 is 30.7 Å². The Bertz CT molecular complexity index is 562. The van der Waals surface area contributed by atoms with Crippen molar-refractivity contribution in [1.29, 1.82) is 0 Å². The first-order valence-corrected chi connectivity index (χ1v) is 9.47. The number of halogens is 2. The molecule has 0 atom stereocenters. The van der Waals surface area contributed by atoms with E-state index in [1.54, 1.807) is 0 Å². The van der Waals surface area contributed by atoms with Crippen LogP contribution < -0.4 is 11.1 Å². The van der Waals surface area contributed by atoms with E-state index in [4.69, 9.17) is 5.73 Å². The standard InChI is InChI=1S/C20H31N3O.2ClH/c21-16-20(9-4-1-5-10-20)14-19(24)22-11-13-23-12-8-17-6-2-3-7-18(17)15-23;;/h2-3,6-7H,1,4-5,8-16,21H2,(H,22,24);2*1H. The smallest absolute Gasteiger partial charge is 0.220 e. The number of carbonyl (C=O) groups excluding carboxylic acids is 1. The van der Waals surface area contributed by atoms with Gasteiger partial charge in [-0.2, -0.15) is 0 Å². The minimum absolute atomic E-state index is 0. The lowest BCUT2D eigenvalue weighted by Crippen LogP contribution is -2.41. The van der Waals surface area contributed by atoms with Crippen molar-refractivity contribution in [2.75, 3.05) is 26.2 Å². The second-order valence-electron chi connectivity index (χ2n) is 7.59. The third-order valence-electron chi connectivity index (χ3n) is 5.84. The van der Waals surface area contributed by atoms with E-state index in [-0.39, 0.29) is 36.1 Å². The molecule has 1 heterocycles. The second-order valence-corrected chi connectivity index (χ2v) is 7.59. The van der Waals surface area contributed by atoms with Gasteiger partial charge in [-0.15, -0.1) is 24.8 Å². The Kier molecular flexibility index (Phi) is 9.94. The Labute approximate surface area is 170 Å². The molecular formula is C20H33Cl2N3O. The monoisotopic (exact) mass is 401 g/mol. The molecule has 1 fully saturated rings. The van der Waals surface area contributed by atoms with Crippen molar-refractivity contribution in [2.45, 2.75) is 51.5 Å². The average molecular weight is 402 g/mol. The van der Waals surface area contributed by atoms with Gasteiger partial charge in [0.1, 0.15) is 0 Å². The molecule has 0 unspecified atom stereocenters. The van der Waals surface area contributed by atoms with Crippen LogP contribution in [0.15, 0.2) is 24.3 Å². The van der Waals surface area contributed by atoms with Gasteiger partial charge in [0.25, 0.3) is 0 Å². The van der Waals surface area contributed by atoms with Gasteiger partial charge in [0, 0.05) is 32.6 Å². The van der Waals surface area contributed by atoms with E-state index in [2.05, 4.69) is 34.5 Å². The molecule has 4 nitrogen and oxygen atoms in total. The van der Waals surface area contributed by atoms with Crippen molar-refractivity contribution in [1.82, 2.24) is 10.2 Å². The largest absolute Gasteiger partial charge is 0.355 e. The van der Waals surface area contributed by atoms with Crippen LogP contribution in [0.25, 0.3) is 0 Å². The normalized spacial score (nSPS) is 18.8. The Morgan fingerprint density at radius 1 is 1.12 bits per heavy atom. The molecule has 6 heteroatoms. The molecule has 2 aliphatic rings. The summed E-state index contributed by atoms with van der Waals surface area (Å²) in [4.78, 5) is 14.8.